The summed E-state index contributed by atoms with van der Waals surface area (Å²) in [4.78, 5) is 19.4. The molecule has 0 unspecified atom stereocenters. The number of carbonyl (C=O) groups is 1. The van der Waals surface area contributed by atoms with Gasteiger partial charge in [0.2, 0.25) is 0 Å². The molecule has 1 amide bonds. The highest BCUT2D eigenvalue weighted by molar-refractivity contribution is 6.13. The Labute approximate surface area is 135 Å². The van der Waals surface area contributed by atoms with Crippen LogP contribution in [0, 0.1) is 6.92 Å². The Kier molecular flexibility index (Phi) is 3.34. The van der Waals surface area contributed by atoms with E-state index in [1.807, 2.05) is 35.2 Å². The molecule has 0 bridgehead atoms. The molecule has 1 aliphatic rings. The van der Waals surface area contributed by atoms with Gasteiger partial charge < -0.3 is 4.90 Å². The van der Waals surface area contributed by atoms with E-state index in [1.165, 1.54) is 11.1 Å². The molecule has 2 heterocycles. The van der Waals surface area contributed by atoms with E-state index in [-0.39, 0.29) is 5.91 Å². The standard InChI is InChI=1S/C20H18N2O/c1-14-8-9-19-15(13-14)5-4-12-22(19)20(23)17-10-11-21-18-7-3-2-6-16(17)18/h2-3,6-11,13H,4-5,12H2,1H3. The number of amides is 1. The fourth-order valence-corrected chi connectivity index (χ4v) is 3.36. The topological polar surface area (TPSA) is 33.2 Å². The van der Waals surface area contributed by atoms with Gasteiger partial charge in [0.1, 0.15) is 0 Å². The predicted octanol–water partition coefficient (Wildman–Crippen LogP) is 4.14. The van der Waals surface area contributed by atoms with Crippen molar-refractivity contribution in [2.75, 3.05) is 11.4 Å². The van der Waals surface area contributed by atoms with Crippen LogP contribution in [-0.4, -0.2) is 17.4 Å². The minimum absolute atomic E-state index is 0.0633. The van der Waals surface area contributed by atoms with Crippen LogP contribution in [0.5, 0.6) is 0 Å². The van der Waals surface area contributed by atoms with E-state index in [4.69, 9.17) is 0 Å². The first kappa shape index (κ1) is 13.9. The van der Waals surface area contributed by atoms with Gasteiger partial charge in [-0.2, -0.15) is 0 Å². The van der Waals surface area contributed by atoms with Crippen molar-refractivity contribution in [2.24, 2.45) is 0 Å². The van der Waals surface area contributed by atoms with Crippen molar-refractivity contribution in [3.05, 3.63) is 71.4 Å². The minimum atomic E-state index is 0.0633. The number of para-hydroxylation sites is 1. The van der Waals surface area contributed by atoms with E-state index >= 15 is 0 Å². The van der Waals surface area contributed by atoms with Gasteiger partial charge in [-0.3, -0.25) is 9.78 Å². The number of pyridine rings is 1. The summed E-state index contributed by atoms with van der Waals surface area (Å²) in [5, 5.41) is 0.916. The molecule has 0 N–H and O–H groups in total. The summed E-state index contributed by atoms with van der Waals surface area (Å²) in [6.45, 7) is 2.86. The third kappa shape index (κ3) is 2.38. The fraction of sp³-hybridized carbons (Fsp3) is 0.200. The monoisotopic (exact) mass is 302 g/mol. The summed E-state index contributed by atoms with van der Waals surface area (Å²) in [7, 11) is 0. The summed E-state index contributed by atoms with van der Waals surface area (Å²) in [5.74, 6) is 0.0633. The Morgan fingerprint density at radius 2 is 2.00 bits per heavy atom. The molecule has 2 aromatic carbocycles. The summed E-state index contributed by atoms with van der Waals surface area (Å²) < 4.78 is 0. The van der Waals surface area contributed by atoms with Gasteiger partial charge in [0.25, 0.3) is 5.91 Å². The minimum Gasteiger partial charge on any atom is -0.308 e. The lowest BCUT2D eigenvalue weighted by Gasteiger charge is -2.30. The second-order valence-electron chi connectivity index (χ2n) is 6.07. The first-order valence-electron chi connectivity index (χ1n) is 7.99. The first-order valence-corrected chi connectivity index (χ1v) is 7.99. The summed E-state index contributed by atoms with van der Waals surface area (Å²) >= 11 is 0. The number of aromatic nitrogens is 1. The number of nitrogens with zero attached hydrogens (tertiary/aromatic N) is 2. The number of hydrogen-bond donors (Lipinski definition) is 0. The van der Waals surface area contributed by atoms with Gasteiger partial charge in [-0.25, -0.2) is 0 Å². The fourth-order valence-electron chi connectivity index (χ4n) is 3.36. The Balaban J connectivity index is 1.81. The smallest absolute Gasteiger partial charge is 0.259 e. The van der Waals surface area contributed by atoms with E-state index in [0.717, 1.165) is 41.5 Å². The van der Waals surface area contributed by atoms with E-state index in [1.54, 1.807) is 6.20 Å². The molecule has 0 radical (unpaired) electrons. The lowest BCUT2D eigenvalue weighted by molar-refractivity contribution is 0.0986. The number of carbonyl (C=O) groups excluding carboxylic acids is 1. The van der Waals surface area contributed by atoms with Gasteiger partial charge in [-0.15, -0.1) is 0 Å². The molecule has 3 aromatic rings. The third-order valence-corrected chi connectivity index (χ3v) is 4.48. The maximum atomic E-state index is 13.2. The average Bonchev–Trinajstić information content (AvgIpc) is 2.60. The highest BCUT2D eigenvalue weighted by Crippen LogP contribution is 2.30. The first-order chi connectivity index (χ1) is 11.2. The molecule has 0 fully saturated rings. The summed E-state index contributed by atoms with van der Waals surface area (Å²) in [6.07, 6.45) is 3.76. The van der Waals surface area contributed by atoms with Crippen LogP contribution in [0.2, 0.25) is 0 Å². The molecule has 3 nitrogen and oxygen atoms in total. The van der Waals surface area contributed by atoms with Crippen LogP contribution in [0.3, 0.4) is 0 Å². The lowest BCUT2D eigenvalue weighted by atomic mass is 9.98. The van der Waals surface area contributed by atoms with Crippen LogP contribution in [-0.2, 0) is 6.42 Å². The van der Waals surface area contributed by atoms with Crippen molar-refractivity contribution in [3.63, 3.8) is 0 Å². The molecule has 1 aliphatic heterocycles. The SMILES string of the molecule is Cc1ccc2c(c1)CCCN2C(=O)c1ccnc2ccccc12. The number of fused-ring (bicyclic) bond motifs is 2. The van der Waals surface area contributed by atoms with E-state index < -0.39 is 0 Å². The van der Waals surface area contributed by atoms with Crippen molar-refractivity contribution >= 4 is 22.5 Å². The van der Waals surface area contributed by atoms with Crippen molar-refractivity contribution in [1.29, 1.82) is 0 Å². The normalized spacial score (nSPS) is 13.9. The molecule has 23 heavy (non-hydrogen) atoms. The number of hydrogen-bond acceptors (Lipinski definition) is 2. The van der Waals surface area contributed by atoms with Crippen LogP contribution in [0.4, 0.5) is 5.69 Å². The Morgan fingerprint density at radius 1 is 1.13 bits per heavy atom. The number of anilines is 1. The zero-order valence-electron chi connectivity index (χ0n) is 13.1. The number of rotatable bonds is 1. The zero-order valence-corrected chi connectivity index (χ0v) is 13.1. The maximum Gasteiger partial charge on any atom is 0.259 e. The van der Waals surface area contributed by atoms with E-state index in [2.05, 4.69) is 30.1 Å². The quantitative estimate of drug-likeness (QED) is 0.677. The van der Waals surface area contributed by atoms with Gasteiger partial charge in [-0.05, 0) is 43.5 Å². The van der Waals surface area contributed by atoms with Gasteiger partial charge in [0.15, 0.2) is 0 Å². The van der Waals surface area contributed by atoms with Gasteiger partial charge in [0, 0.05) is 23.8 Å². The molecule has 0 atom stereocenters. The zero-order chi connectivity index (χ0) is 15.8. The second kappa shape index (κ2) is 5.51. The predicted molar refractivity (Wildman–Crippen MR) is 92.9 cm³/mol. The highest BCUT2D eigenvalue weighted by Gasteiger charge is 2.24. The van der Waals surface area contributed by atoms with Gasteiger partial charge in [-0.1, -0.05) is 35.9 Å². The van der Waals surface area contributed by atoms with Crippen LogP contribution in [0.1, 0.15) is 27.9 Å². The number of aryl methyl sites for hydroxylation is 2. The largest absolute Gasteiger partial charge is 0.308 e. The van der Waals surface area contributed by atoms with Crippen LogP contribution >= 0.6 is 0 Å². The number of benzene rings is 2. The molecule has 114 valence electrons. The Morgan fingerprint density at radius 3 is 2.91 bits per heavy atom. The van der Waals surface area contributed by atoms with Gasteiger partial charge >= 0.3 is 0 Å². The third-order valence-electron chi connectivity index (χ3n) is 4.48. The van der Waals surface area contributed by atoms with E-state index in [0.29, 0.717) is 0 Å². The van der Waals surface area contributed by atoms with Crippen molar-refractivity contribution in [1.82, 2.24) is 4.98 Å². The molecule has 0 saturated heterocycles. The highest BCUT2D eigenvalue weighted by atomic mass is 16.2. The van der Waals surface area contributed by atoms with Gasteiger partial charge in [0.05, 0.1) is 11.1 Å². The van der Waals surface area contributed by atoms with Crippen molar-refractivity contribution < 1.29 is 4.79 Å². The maximum absolute atomic E-state index is 13.2. The molecule has 0 spiro atoms. The summed E-state index contributed by atoms with van der Waals surface area (Å²) in [6, 6.07) is 16.0. The van der Waals surface area contributed by atoms with Crippen molar-refractivity contribution in [2.45, 2.75) is 19.8 Å². The summed E-state index contributed by atoms with van der Waals surface area (Å²) in [5.41, 5.74) is 5.15. The molecule has 0 saturated carbocycles. The van der Waals surface area contributed by atoms with Crippen LogP contribution < -0.4 is 4.90 Å². The molecule has 4 rings (SSSR count). The molecule has 1 aromatic heterocycles. The molecule has 0 aliphatic carbocycles. The van der Waals surface area contributed by atoms with E-state index in [9.17, 15) is 4.79 Å². The molecule has 3 heteroatoms. The Hall–Kier alpha value is -2.68. The van der Waals surface area contributed by atoms with Crippen LogP contribution in [0.15, 0.2) is 54.7 Å². The second-order valence-corrected chi connectivity index (χ2v) is 6.07. The molecular weight excluding hydrogens is 284 g/mol. The molecular formula is C20H18N2O. The van der Waals surface area contributed by atoms with Crippen molar-refractivity contribution in [3.8, 4) is 0 Å². The van der Waals surface area contributed by atoms with Crippen LogP contribution in [0.25, 0.3) is 10.9 Å². The average molecular weight is 302 g/mol. The Bertz CT molecular complexity index is 896. The lowest BCUT2D eigenvalue weighted by Crippen LogP contribution is -2.35.